The van der Waals surface area contributed by atoms with Gasteiger partial charge in [0, 0.05) is 13.0 Å². The molecular weight excluding hydrogens is 442 g/mol. The number of ether oxygens (including phenoxy) is 1. The molecule has 182 valence electrons. The number of carbonyl (C=O) groups is 1. The van der Waals surface area contributed by atoms with E-state index in [1.54, 1.807) is 0 Å². The Morgan fingerprint density at radius 1 is 0.694 bits per heavy atom. The maximum atomic E-state index is 12.8. The third-order valence-corrected chi connectivity index (χ3v) is 7.19. The maximum Gasteiger partial charge on any atom is 0.222 e. The Balaban J connectivity index is 1.41. The molecule has 0 saturated carbocycles. The minimum atomic E-state index is -0.759. The van der Waals surface area contributed by atoms with E-state index in [4.69, 9.17) is 4.74 Å². The highest BCUT2D eigenvalue weighted by molar-refractivity contribution is 5.78. The van der Waals surface area contributed by atoms with Crippen LogP contribution in [0.25, 0.3) is 0 Å². The molecule has 1 aliphatic rings. The van der Waals surface area contributed by atoms with E-state index < -0.39 is 5.60 Å². The summed E-state index contributed by atoms with van der Waals surface area (Å²) in [5.74, 6) is 0.237. The second-order valence-corrected chi connectivity index (χ2v) is 9.46. The van der Waals surface area contributed by atoms with Gasteiger partial charge in [-0.25, -0.2) is 0 Å². The number of carbonyl (C=O) groups excluding carboxylic acids is 1. The highest BCUT2D eigenvalue weighted by atomic mass is 16.5. The summed E-state index contributed by atoms with van der Waals surface area (Å²) in [7, 11) is 0. The zero-order valence-electron chi connectivity index (χ0n) is 20.6. The van der Waals surface area contributed by atoms with Crippen LogP contribution in [0.5, 0.6) is 0 Å². The number of rotatable bonds is 10. The van der Waals surface area contributed by atoms with Gasteiger partial charge in [-0.1, -0.05) is 121 Å². The van der Waals surface area contributed by atoms with Crippen LogP contribution in [0.1, 0.15) is 41.5 Å². The van der Waals surface area contributed by atoms with Crippen molar-refractivity contribution < 1.29 is 9.53 Å². The van der Waals surface area contributed by atoms with Gasteiger partial charge in [0.2, 0.25) is 5.91 Å². The molecule has 4 aromatic carbocycles. The average molecular weight is 476 g/mol. The molecule has 1 unspecified atom stereocenters. The lowest BCUT2D eigenvalue weighted by atomic mass is 9.80. The van der Waals surface area contributed by atoms with Crippen LogP contribution in [0.2, 0.25) is 0 Å². The number of amides is 1. The molecule has 4 aromatic rings. The van der Waals surface area contributed by atoms with Crippen molar-refractivity contribution in [3.05, 3.63) is 144 Å². The molecule has 0 aromatic heterocycles. The summed E-state index contributed by atoms with van der Waals surface area (Å²) in [6.45, 7) is 1.24. The third-order valence-electron chi connectivity index (χ3n) is 7.19. The van der Waals surface area contributed by atoms with Gasteiger partial charge in [0.1, 0.15) is 5.60 Å². The summed E-state index contributed by atoms with van der Waals surface area (Å²) in [5, 5.41) is 0. The average Bonchev–Trinajstić information content (AvgIpc) is 3.30. The van der Waals surface area contributed by atoms with Crippen molar-refractivity contribution >= 4 is 5.91 Å². The molecule has 0 radical (unpaired) electrons. The van der Waals surface area contributed by atoms with Gasteiger partial charge in [-0.2, -0.15) is 0 Å². The van der Waals surface area contributed by atoms with Gasteiger partial charge >= 0.3 is 0 Å². The fourth-order valence-corrected chi connectivity index (χ4v) is 5.36. The molecule has 1 aliphatic heterocycles. The Morgan fingerprint density at radius 2 is 1.17 bits per heavy atom. The van der Waals surface area contributed by atoms with E-state index in [1.807, 2.05) is 24.3 Å². The number of nitrogens with zero attached hydrogens (tertiary/aromatic N) is 1. The molecule has 1 saturated heterocycles. The Morgan fingerprint density at radius 3 is 1.67 bits per heavy atom. The van der Waals surface area contributed by atoms with Gasteiger partial charge < -0.3 is 9.64 Å². The van der Waals surface area contributed by atoms with E-state index >= 15 is 0 Å². The molecule has 1 heterocycles. The third kappa shape index (κ3) is 5.12. The van der Waals surface area contributed by atoms with Gasteiger partial charge in [0.05, 0.1) is 12.6 Å². The monoisotopic (exact) mass is 475 g/mol. The lowest BCUT2D eigenvalue weighted by molar-refractivity contribution is -0.130. The summed E-state index contributed by atoms with van der Waals surface area (Å²) in [6.07, 6.45) is 3.35. The molecular formula is C33H33NO2. The van der Waals surface area contributed by atoms with E-state index in [9.17, 15) is 4.79 Å². The van der Waals surface area contributed by atoms with Gasteiger partial charge in [0.25, 0.3) is 0 Å². The van der Waals surface area contributed by atoms with Crippen molar-refractivity contribution in [3.8, 4) is 0 Å². The van der Waals surface area contributed by atoms with E-state index in [0.29, 0.717) is 13.0 Å². The van der Waals surface area contributed by atoms with Crippen LogP contribution in [-0.4, -0.2) is 30.0 Å². The molecule has 1 fully saturated rings. The first-order valence-electron chi connectivity index (χ1n) is 12.9. The number of aryl methyl sites for hydroxylation is 1. The second-order valence-electron chi connectivity index (χ2n) is 9.46. The first kappa shape index (κ1) is 24.0. The fourth-order valence-electron chi connectivity index (χ4n) is 5.36. The highest BCUT2D eigenvalue weighted by Crippen LogP contribution is 2.41. The minimum absolute atomic E-state index is 0.0729. The molecule has 1 atom stereocenters. The molecule has 0 N–H and O–H groups in total. The molecule has 1 amide bonds. The van der Waals surface area contributed by atoms with Crippen molar-refractivity contribution in [2.75, 3.05) is 13.2 Å². The van der Waals surface area contributed by atoms with E-state index in [0.717, 1.165) is 42.5 Å². The predicted octanol–water partition coefficient (Wildman–Crippen LogP) is 6.62. The van der Waals surface area contributed by atoms with Crippen molar-refractivity contribution in [3.63, 3.8) is 0 Å². The van der Waals surface area contributed by atoms with Crippen LogP contribution in [0.3, 0.4) is 0 Å². The van der Waals surface area contributed by atoms with Crippen molar-refractivity contribution in [2.45, 2.75) is 37.3 Å². The summed E-state index contributed by atoms with van der Waals surface area (Å²) in [6, 6.07) is 41.9. The first-order chi connectivity index (χ1) is 17.8. The quantitative estimate of drug-likeness (QED) is 0.241. The van der Waals surface area contributed by atoms with Crippen molar-refractivity contribution in [2.24, 2.45) is 0 Å². The van der Waals surface area contributed by atoms with Crippen molar-refractivity contribution in [1.29, 1.82) is 0 Å². The van der Waals surface area contributed by atoms with Crippen LogP contribution in [0.4, 0.5) is 0 Å². The zero-order valence-corrected chi connectivity index (χ0v) is 20.6. The zero-order chi connectivity index (χ0) is 24.6. The molecule has 0 bridgehead atoms. The van der Waals surface area contributed by atoms with Crippen LogP contribution >= 0.6 is 0 Å². The number of hydrogen-bond donors (Lipinski definition) is 0. The van der Waals surface area contributed by atoms with Gasteiger partial charge in [-0.3, -0.25) is 4.79 Å². The number of benzene rings is 4. The Hall–Kier alpha value is -3.69. The maximum absolute atomic E-state index is 12.8. The molecule has 3 heteroatoms. The molecule has 0 aliphatic carbocycles. The Kier molecular flexibility index (Phi) is 7.58. The van der Waals surface area contributed by atoms with Crippen LogP contribution in [0, 0.1) is 0 Å². The van der Waals surface area contributed by atoms with E-state index in [2.05, 4.69) is 102 Å². The van der Waals surface area contributed by atoms with Crippen LogP contribution < -0.4 is 0 Å². The number of likely N-dealkylation sites (tertiary alicyclic amines) is 1. The van der Waals surface area contributed by atoms with E-state index in [1.165, 1.54) is 5.56 Å². The van der Waals surface area contributed by atoms with Crippen LogP contribution in [0.15, 0.2) is 121 Å². The molecule has 3 nitrogen and oxygen atoms in total. The second kappa shape index (κ2) is 11.4. The van der Waals surface area contributed by atoms with Gasteiger partial charge in [-0.15, -0.1) is 0 Å². The summed E-state index contributed by atoms with van der Waals surface area (Å²) >= 11 is 0. The lowest BCUT2D eigenvalue weighted by Gasteiger charge is -2.38. The topological polar surface area (TPSA) is 29.5 Å². The van der Waals surface area contributed by atoms with Crippen molar-refractivity contribution in [1.82, 2.24) is 4.90 Å². The largest absolute Gasteiger partial charge is 0.359 e. The normalized spacial score (nSPS) is 15.8. The van der Waals surface area contributed by atoms with Crippen LogP contribution in [-0.2, 0) is 21.6 Å². The van der Waals surface area contributed by atoms with Gasteiger partial charge in [-0.05, 0) is 41.5 Å². The highest BCUT2D eigenvalue weighted by Gasteiger charge is 2.40. The molecule has 5 rings (SSSR count). The summed E-state index contributed by atoms with van der Waals surface area (Å²) in [4.78, 5) is 14.9. The first-order valence-corrected chi connectivity index (χ1v) is 12.9. The summed E-state index contributed by atoms with van der Waals surface area (Å²) in [5.41, 5.74) is 3.81. The standard InChI is InChI=1S/C33H33NO2/c35-32-24-23-31(34(32)25-13-16-27-14-5-1-6-15-27)26-36-33(28-17-7-2-8-18-28,29-19-9-3-10-20-29)30-21-11-4-12-22-30/h1-12,14-15,17-22,31H,13,16,23-26H2. The lowest BCUT2D eigenvalue weighted by Crippen LogP contribution is -2.41. The van der Waals surface area contributed by atoms with E-state index in [-0.39, 0.29) is 11.9 Å². The Labute approximate surface area is 214 Å². The Bertz CT molecular complexity index is 1130. The molecule has 36 heavy (non-hydrogen) atoms. The SMILES string of the molecule is O=C1CCC(COC(c2ccccc2)(c2ccccc2)c2ccccc2)N1CCCc1ccccc1. The smallest absolute Gasteiger partial charge is 0.222 e. The minimum Gasteiger partial charge on any atom is -0.359 e. The number of hydrogen-bond acceptors (Lipinski definition) is 2. The predicted molar refractivity (Wildman–Crippen MR) is 145 cm³/mol. The summed E-state index contributed by atoms with van der Waals surface area (Å²) < 4.78 is 7.02. The van der Waals surface area contributed by atoms with Gasteiger partial charge in [0.15, 0.2) is 0 Å². The fraction of sp³-hybridized carbons (Fsp3) is 0.242. The molecule has 0 spiro atoms.